The lowest BCUT2D eigenvalue weighted by Gasteiger charge is -2.09. The normalized spacial score (nSPS) is 10.2. The van der Waals surface area contributed by atoms with Crippen LogP contribution in [0.4, 0.5) is 10.1 Å². The van der Waals surface area contributed by atoms with E-state index in [1.807, 2.05) is 0 Å². The van der Waals surface area contributed by atoms with Crippen LogP contribution in [0.25, 0.3) is 0 Å². The predicted molar refractivity (Wildman–Crippen MR) is 88.0 cm³/mol. The van der Waals surface area contributed by atoms with Crippen molar-refractivity contribution in [2.75, 3.05) is 25.2 Å². The molecule has 120 valence electrons. The molecule has 0 aliphatic heterocycles. The van der Waals surface area contributed by atoms with Crippen LogP contribution >= 0.6 is 11.8 Å². The van der Waals surface area contributed by atoms with E-state index in [0.717, 1.165) is 0 Å². The van der Waals surface area contributed by atoms with Crippen LogP contribution in [0.3, 0.4) is 0 Å². The van der Waals surface area contributed by atoms with Crippen molar-refractivity contribution in [3.8, 4) is 0 Å². The van der Waals surface area contributed by atoms with Crippen molar-refractivity contribution in [1.29, 1.82) is 0 Å². The monoisotopic (exact) mass is 333 g/mol. The van der Waals surface area contributed by atoms with Gasteiger partial charge >= 0.3 is 0 Å². The van der Waals surface area contributed by atoms with E-state index in [9.17, 15) is 14.0 Å². The summed E-state index contributed by atoms with van der Waals surface area (Å²) in [6, 6.07) is 8.84. The van der Waals surface area contributed by atoms with Crippen LogP contribution in [-0.4, -0.2) is 41.5 Å². The molecule has 0 aliphatic rings. The van der Waals surface area contributed by atoms with Crippen LogP contribution in [0.2, 0.25) is 0 Å². The van der Waals surface area contributed by atoms with Gasteiger partial charge in [0.15, 0.2) is 0 Å². The molecule has 1 N–H and O–H groups in total. The average molecular weight is 333 g/mol. The third-order valence-electron chi connectivity index (χ3n) is 2.94. The molecule has 0 saturated carbocycles. The van der Waals surface area contributed by atoms with E-state index in [1.165, 1.54) is 47.1 Å². The van der Waals surface area contributed by atoms with E-state index in [-0.39, 0.29) is 17.6 Å². The number of rotatable bonds is 5. The Bertz CT molecular complexity index is 687. The zero-order valence-electron chi connectivity index (χ0n) is 12.7. The summed E-state index contributed by atoms with van der Waals surface area (Å²) in [7, 11) is 3.39. The average Bonchev–Trinajstić information content (AvgIpc) is 2.55. The summed E-state index contributed by atoms with van der Waals surface area (Å²) < 4.78 is 12.8. The predicted octanol–water partition coefficient (Wildman–Crippen LogP) is 2.65. The highest BCUT2D eigenvalue weighted by atomic mass is 32.2. The van der Waals surface area contributed by atoms with Gasteiger partial charge in [0, 0.05) is 26.0 Å². The molecule has 23 heavy (non-hydrogen) atoms. The number of halogens is 1. The highest BCUT2D eigenvalue weighted by molar-refractivity contribution is 7.99. The quantitative estimate of drug-likeness (QED) is 0.855. The Morgan fingerprint density at radius 2 is 1.87 bits per heavy atom. The van der Waals surface area contributed by atoms with Gasteiger partial charge < -0.3 is 10.2 Å². The molecule has 2 aromatic rings. The summed E-state index contributed by atoms with van der Waals surface area (Å²) in [6.45, 7) is 0. The first kappa shape index (κ1) is 17.0. The van der Waals surface area contributed by atoms with E-state index >= 15 is 0 Å². The van der Waals surface area contributed by atoms with Crippen molar-refractivity contribution < 1.29 is 14.0 Å². The number of hydrogen-bond acceptors (Lipinski definition) is 4. The number of carbonyl (C=O) groups excluding carboxylic acids is 2. The number of thioether (sulfide) groups is 1. The molecule has 0 spiro atoms. The maximum absolute atomic E-state index is 12.8. The van der Waals surface area contributed by atoms with Gasteiger partial charge in [-0.25, -0.2) is 9.37 Å². The zero-order chi connectivity index (χ0) is 16.8. The molecule has 0 fully saturated rings. The van der Waals surface area contributed by atoms with Gasteiger partial charge in [-0.1, -0.05) is 11.8 Å². The lowest BCUT2D eigenvalue weighted by molar-refractivity contribution is -0.125. The van der Waals surface area contributed by atoms with E-state index in [2.05, 4.69) is 10.3 Å². The molecule has 0 aliphatic carbocycles. The summed E-state index contributed by atoms with van der Waals surface area (Å²) in [6.07, 6.45) is 1.45. The molecule has 1 aromatic carbocycles. The molecule has 0 bridgehead atoms. The second kappa shape index (κ2) is 7.73. The first-order valence-corrected chi connectivity index (χ1v) is 7.80. The number of pyridine rings is 1. The smallest absolute Gasteiger partial charge is 0.257 e. The fourth-order valence-corrected chi connectivity index (χ4v) is 2.42. The van der Waals surface area contributed by atoms with Gasteiger partial charge in [-0.2, -0.15) is 0 Å². The Morgan fingerprint density at radius 3 is 2.43 bits per heavy atom. The molecule has 7 heteroatoms. The minimum atomic E-state index is -0.363. The van der Waals surface area contributed by atoms with Crippen LogP contribution in [0.1, 0.15) is 10.4 Å². The Hall–Kier alpha value is -2.41. The van der Waals surface area contributed by atoms with Crippen LogP contribution in [-0.2, 0) is 4.79 Å². The molecule has 1 heterocycles. The van der Waals surface area contributed by atoms with Crippen molar-refractivity contribution in [2.24, 2.45) is 0 Å². The topological polar surface area (TPSA) is 62.3 Å². The van der Waals surface area contributed by atoms with Crippen molar-refractivity contribution >= 4 is 29.3 Å². The maximum Gasteiger partial charge on any atom is 0.257 e. The van der Waals surface area contributed by atoms with Crippen molar-refractivity contribution in [3.05, 3.63) is 54.0 Å². The van der Waals surface area contributed by atoms with Gasteiger partial charge in [0.1, 0.15) is 5.82 Å². The first-order valence-electron chi connectivity index (χ1n) is 6.81. The number of aromatic nitrogens is 1. The molecule has 2 amide bonds. The Kier molecular flexibility index (Phi) is 5.70. The van der Waals surface area contributed by atoms with Crippen molar-refractivity contribution in [1.82, 2.24) is 9.88 Å². The third kappa shape index (κ3) is 5.07. The van der Waals surface area contributed by atoms with Gasteiger partial charge in [0.25, 0.3) is 5.91 Å². The number of hydrogen-bond donors (Lipinski definition) is 1. The fourth-order valence-electron chi connectivity index (χ4n) is 1.60. The van der Waals surface area contributed by atoms with E-state index in [1.54, 1.807) is 26.2 Å². The van der Waals surface area contributed by atoms with Gasteiger partial charge in [-0.3, -0.25) is 9.59 Å². The van der Waals surface area contributed by atoms with Crippen LogP contribution < -0.4 is 5.32 Å². The van der Waals surface area contributed by atoms with Crippen LogP contribution in [0.15, 0.2) is 47.6 Å². The number of carbonyl (C=O) groups is 2. The molecular weight excluding hydrogens is 317 g/mol. The summed E-state index contributed by atoms with van der Waals surface area (Å²) in [5, 5.41) is 3.32. The van der Waals surface area contributed by atoms with Crippen molar-refractivity contribution in [2.45, 2.75) is 5.03 Å². The Balaban J connectivity index is 1.94. The molecule has 0 atom stereocenters. The summed E-state index contributed by atoms with van der Waals surface area (Å²) in [5.41, 5.74) is 0.893. The third-order valence-corrected chi connectivity index (χ3v) is 3.87. The SMILES string of the molecule is CN(C)C(=O)CSc1ccc(C(=O)Nc2ccc(F)cc2)cn1. The molecular formula is C16H16FN3O2S. The Morgan fingerprint density at radius 1 is 1.17 bits per heavy atom. The summed E-state index contributed by atoms with van der Waals surface area (Å²) >= 11 is 1.31. The second-order valence-corrected chi connectivity index (χ2v) is 5.92. The minimum Gasteiger partial charge on any atom is -0.348 e. The molecule has 5 nitrogen and oxygen atoms in total. The highest BCUT2D eigenvalue weighted by Gasteiger charge is 2.09. The lowest BCUT2D eigenvalue weighted by atomic mass is 10.2. The number of amides is 2. The lowest BCUT2D eigenvalue weighted by Crippen LogP contribution is -2.23. The zero-order valence-corrected chi connectivity index (χ0v) is 13.6. The van der Waals surface area contributed by atoms with Gasteiger partial charge in [-0.15, -0.1) is 0 Å². The van der Waals surface area contributed by atoms with E-state index in [0.29, 0.717) is 22.0 Å². The largest absolute Gasteiger partial charge is 0.348 e. The maximum atomic E-state index is 12.8. The molecule has 0 unspecified atom stereocenters. The van der Waals surface area contributed by atoms with Crippen LogP contribution in [0.5, 0.6) is 0 Å². The standard InChI is InChI=1S/C16H16FN3O2S/c1-20(2)15(21)10-23-14-8-3-11(9-18-14)16(22)19-13-6-4-12(17)5-7-13/h3-9H,10H2,1-2H3,(H,19,22). The van der Waals surface area contributed by atoms with Crippen LogP contribution in [0, 0.1) is 5.82 Å². The Labute approximate surface area is 137 Å². The number of benzene rings is 1. The van der Waals surface area contributed by atoms with Gasteiger partial charge in [0.2, 0.25) is 5.91 Å². The van der Waals surface area contributed by atoms with E-state index < -0.39 is 0 Å². The molecule has 0 radical (unpaired) electrons. The minimum absolute atomic E-state index is 0.00469. The summed E-state index contributed by atoms with van der Waals surface area (Å²) in [4.78, 5) is 29.2. The first-order chi connectivity index (χ1) is 11.0. The number of nitrogens with zero attached hydrogens (tertiary/aromatic N) is 2. The molecule has 0 saturated heterocycles. The van der Waals surface area contributed by atoms with Crippen molar-refractivity contribution in [3.63, 3.8) is 0 Å². The molecule has 1 aromatic heterocycles. The number of nitrogens with one attached hydrogen (secondary N) is 1. The van der Waals surface area contributed by atoms with Gasteiger partial charge in [-0.05, 0) is 36.4 Å². The highest BCUT2D eigenvalue weighted by Crippen LogP contribution is 2.16. The van der Waals surface area contributed by atoms with E-state index in [4.69, 9.17) is 0 Å². The fraction of sp³-hybridized carbons (Fsp3) is 0.188. The summed E-state index contributed by atoms with van der Waals surface area (Å²) in [5.74, 6) is -0.403. The second-order valence-electron chi connectivity index (χ2n) is 4.92. The molecule has 2 rings (SSSR count). The van der Waals surface area contributed by atoms with Gasteiger partial charge in [0.05, 0.1) is 16.3 Å². The number of anilines is 1.